The Morgan fingerprint density at radius 3 is 2.71 bits per heavy atom. The molecule has 3 amide bonds. The Labute approximate surface area is 137 Å². The fourth-order valence-corrected chi connectivity index (χ4v) is 2.77. The van der Waals surface area contributed by atoms with Crippen LogP contribution in [0, 0.1) is 0 Å². The molecule has 11 heteroatoms. The SMILES string of the molecule is CCc1cc2c(=O)n(CC(=O)NC(=O)NCC(F)(F)F)cnc2s1. The second-order valence-electron chi connectivity index (χ2n) is 4.81. The number of fused-ring (bicyclic) bond motifs is 1. The Morgan fingerprint density at radius 2 is 2.08 bits per heavy atom. The molecule has 130 valence electrons. The zero-order valence-electron chi connectivity index (χ0n) is 12.4. The molecule has 0 radical (unpaired) electrons. The summed E-state index contributed by atoms with van der Waals surface area (Å²) in [5, 5.41) is 3.57. The topological polar surface area (TPSA) is 93.1 Å². The Balaban J connectivity index is 2.04. The van der Waals surface area contributed by atoms with Crippen LogP contribution in [-0.2, 0) is 17.8 Å². The second-order valence-corrected chi connectivity index (χ2v) is 5.92. The molecule has 0 unspecified atom stereocenters. The number of nitrogens with zero attached hydrogens (tertiary/aromatic N) is 2. The molecule has 2 heterocycles. The zero-order chi connectivity index (χ0) is 17.9. The minimum atomic E-state index is -4.58. The van der Waals surface area contributed by atoms with E-state index in [-0.39, 0.29) is 0 Å². The van der Waals surface area contributed by atoms with Gasteiger partial charge in [-0.05, 0) is 12.5 Å². The lowest BCUT2D eigenvalue weighted by atomic mass is 10.3. The van der Waals surface area contributed by atoms with Crippen molar-refractivity contribution in [2.75, 3.05) is 6.54 Å². The van der Waals surface area contributed by atoms with Crippen molar-refractivity contribution in [2.24, 2.45) is 0 Å². The molecule has 2 aromatic heterocycles. The third kappa shape index (κ3) is 4.54. The molecule has 0 bridgehead atoms. The normalized spacial score (nSPS) is 11.5. The van der Waals surface area contributed by atoms with Crippen LogP contribution in [0.3, 0.4) is 0 Å². The number of amides is 3. The van der Waals surface area contributed by atoms with E-state index in [1.165, 1.54) is 16.7 Å². The summed E-state index contributed by atoms with van der Waals surface area (Å²) in [5.74, 6) is -0.927. The smallest absolute Gasteiger partial charge is 0.329 e. The van der Waals surface area contributed by atoms with E-state index in [2.05, 4.69) is 4.98 Å². The zero-order valence-corrected chi connectivity index (χ0v) is 13.3. The summed E-state index contributed by atoms with van der Waals surface area (Å²) in [7, 11) is 0. The van der Waals surface area contributed by atoms with Crippen molar-refractivity contribution < 1.29 is 22.8 Å². The number of halogens is 3. The maximum atomic E-state index is 12.2. The summed E-state index contributed by atoms with van der Waals surface area (Å²) >= 11 is 1.36. The number of hydrogen-bond donors (Lipinski definition) is 2. The van der Waals surface area contributed by atoms with Gasteiger partial charge in [-0.3, -0.25) is 19.5 Å². The number of thiophene rings is 1. The van der Waals surface area contributed by atoms with Gasteiger partial charge >= 0.3 is 12.2 Å². The molecule has 0 aromatic carbocycles. The summed E-state index contributed by atoms with van der Waals surface area (Å²) in [6.07, 6.45) is -2.68. The van der Waals surface area contributed by atoms with Crippen LogP contribution >= 0.6 is 11.3 Å². The van der Waals surface area contributed by atoms with Crippen LogP contribution in [0.2, 0.25) is 0 Å². The third-order valence-electron chi connectivity index (χ3n) is 2.93. The molecule has 7 nitrogen and oxygen atoms in total. The number of nitrogens with one attached hydrogen (secondary N) is 2. The molecule has 0 saturated heterocycles. The Morgan fingerprint density at radius 1 is 1.38 bits per heavy atom. The van der Waals surface area contributed by atoms with E-state index < -0.39 is 36.8 Å². The van der Waals surface area contributed by atoms with Gasteiger partial charge in [0.2, 0.25) is 5.91 Å². The van der Waals surface area contributed by atoms with E-state index in [9.17, 15) is 27.6 Å². The van der Waals surface area contributed by atoms with Crippen LogP contribution in [0.5, 0.6) is 0 Å². The van der Waals surface area contributed by atoms with Gasteiger partial charge in [-0.1, -0.05) is 6.92 Å². The van der Waals surface area contributed by atoms with Gasteiger partial charge in [0.1, 0.15) is 17.9 Å². The van der Waals surface area contributed by atoms with Crippen molar-refractivity contribution in [1.82, 2.24) is 20.2 Å². The van der Waals surface area contributed by atoms with Crippen LogP contribution < -0.4 is 16.2 Å². The summed E-state index contributed by atoms with van der Waals surface area (Å²) in [5.41, 5.74) is -0.457. The number of urea groups is 1. The van der Waals surface area contributed by atoms with Crippen molar-refractivity contribution in [3.05, 3.63) is 27.6 Å². The number of carbonyl (C=O) groups excluding carboxylic acids is 2. The van der Waals surface area contributed by atoms with E-state index in [0.717, 1.165) is 22.2 Å². The Bertz CT molecular complexity index is 828. The predicted octanol–water partition coefficient (Wildman–Crippen LogP) is 1.41. The molecule has 0 saturated carbocycles. The number of rotatable bonds is 4. The molecular weight excluding hydrogens is 349 g/mol. The molecule has 2 aromatic rings. The van der Waals surface area contributed by atoms with E-state index in [1.807, 2.05) is 6.92 Å². The van der Waals surface area contributed by atoms with Crippen LogP contribution in [-0.4, -0.2) is 34.2 Å². The van der Waals surface area contributed by atoms with Crippen molar-refractivity contribution in [3.8, 4) is 0 Å². The first-order valence-corrected chi connectivity index (χ1v) is 7.63. The van der Waals surface area contributed by atoms with Crippen molar-refractivity contribution in [3.63, 3.8) is 0 Å². The van der Waals surface area contributed by atoms with Crippen LogP contribution in [0.4, 0.5) is 18.0 Å². The Hall–Kier alpha value is -2.43. The van der Waals surface area contributed by atoms with Gasteiger partial charge in [0.15, 0.2) is 0 Å². The molecule has 0 fully saturated rings. The average molecular weight is 362 g/mol. The number of carbonyl (C=O) groups is 2. The lowest BCUT2D eigenvalue weighted by Crippen LogP contribution is -2.45. The number of alkyl halides is 3. The quantitative estimate of drug-likeness (QED) is 0.860. The highest BCUT2D eigenvalue weighted by Crippen LogP contribution is 2.20. The fraction of sp³-hybridized carbons (Fsp3) is 0.385. The lowest BCUT2D eigenvalue weighted by molar-refractivity contribution is -0.124. The third-order valence-corrected chi connectivity index (χ3v) is 4.12. The fourth-order valence-electron chi connectivity index (χ4n) is 1.84. The first-order chi connectivity index (χ1) is 11.2. The van der Waals surface area contributed by atoms with Crippen molar-refractivity contribution >= 4 is 33.5 Å². The van der Waals surface area contributed by atoms with E-state index >= 15 is 0 Å². The van der Waals surface area contributed by atoms with Gasteiger partial charge < -0.3 is 5.32 Å². The molecule has 2 N–H and O–H groups in total. The van der Waals surface area contributed by atoms with Gasteiger partial charge in [0.25, 0.3) is 5.56 Å². The monoisotopic (exact) mass is 362 g/mol. The number of hydrogen-bond acceptors (Lipinski definition) is 5. The lowest BCUT2D eigenvalue weighted by Gasteiger charge is -2.09. The van der Waals surface area contributed by atoms with Crippen molar-refractivity contribution in [2.45, 2.75) is 26.1 Å². The van der Waals surface area contributed by atoms with Gasteiger partial charge in [0.05, 0.1) is 11.7 Å². The minimum Gasteiger partial charge on any atom is -0.329 e. The largest absolute Gasteiger partial charge is 0.405 e. The summed E-state index contributed by atoms with van der Waals surface area (Å²) in [4.78, 5) is 40.6. The molecule has 0 aliphatic rings. The molecule has 0 spiro atoms. The first-order valence-electron chi connectivity index (χ1n) is 6.82. The van der Waals surface area contributed by atoms with Gasteiger partial charge in [-0.15, -0.1) is 11.3 Å². The highest BCUT2D eigenvalue weighted by atomic mass is 32.1. The van der Waals surface area contributed by atoms with E-state index in [0.29, 0.717) is 10.2 Å². The molecule has 0 atom stereocenters. The average Bonchev–Trinajstić information content (AvgIpc) is 2.91. The van der Waals surface area contributed by atoms with Crippen LogP contribution in [0.1, 0.15) is 11.8 Å². The molecule has 24 heavy (non-hydrogen) atoms. The first kappa shape index (κ1) is 17.9. The number of aromatic nitrogens is 2. The second kappa shape index (κ2) is 6.99. The molecule has 0 aliphatic heterocycles. The minimum absolute atomic E-state index is 0.355. The predicted molar refractivity (Wildman–Crippen MR) is 80.9 cm³/mol. The van der Waals surface area contributed by atoms with E-state index in [4.69, 9.17) is 0 Å². The number of imide groups is 1. The summed E-state index contributed by atoms with van der Waals surface area (Å²) in [6.45, 7) is -0.164. The van der Waals surface area contributed by atoms with Gasteiger partial charge in [-0.25, -0.2) is 9.78 Å². The highest BCUT2D eigenvalue weighted by Gasteiger charge is 2.28. The maximum absolute atomic E-state index is 12.2. The standard InChI is InChI=1S/C13H13F3N4O3S/c1-2-7-3-8-10(24-7)18-6-20(11(8)22)4-9(21)19-12(23)17-5-13(14,15)16/h3,6H,2,4-5H2,1H3,(H2,17,19,21,23). The highest BCUT2D eigenvalue weighted by molar-refractivity contribution is 7.18. The Kier molecular flexibility index (Phi) is 5.22. The molecule has 2 rings (SSSR count). The molecular formula is C13H13F3N4O3S. The molecule has 0 aliphatic carbocycles. The summed E-state index contributed by atoms with van der Waals surface area (Å²) < 4.78 is 36.8. The van der Waals surface area contributed by atoms with Gasteiger partial charge in [-0.2, -0.15) is 13.2 Å². The van der Waals surface area contributed by atoms with Gasteiger partial charge in [0, 0.05) is 4.88 Å². The van der Waals surface area contributed by atoms with Crippen molar-refractivity contribution in [1.29, 1.82) is 0 Å². The van der Waals surface area contributed by atoms with Crippen LogP contribution in [0.15, 0.2) is 17.2 Å². The number of aryl methyl sites for hydroxylation is 1. The summed E-state index contributed by atoms with van der Waals surface area (Å²) in [6, 6.07) is 0.392. The maximum Gasteiger partial charge on any atom is 0.405 e. The van der Waals surface area contributed by atoms with Crippen LogP contribution in [0.25, 0.3) is 10.2 Å². The van der Waals surface area contributed by atoms with E-state index in [1.54, 1.807) is 11.4 Å².